The van der Waals surface area contributed by atoms with E-state index in [1.807, 2.05) is 0 Å². The first-order valence-electron chi connectivity index (χ1n) is 8.79. The molecule has 3 rings (SSSR count). The van der Waals surface area contributed by atoms with Gasteiger partial charge < -0.3 is 15.0 Å². The number of hydrogen-bond donors (Lipinski definition) is 1. The highest BCUT2D eigenvalue weighted by molar-refractivity contribution is 5.93. The summed E-state index contributed by atoms with van der Waals surface area (Å²) < 4.78 is 5.30. The molecule has 6 heteroatoms. The maximum atomic E-state index is 12.6. The summed E-state index contributed by atoms with van der Waals surface area (Å²) in [4.78, 5) is 22.8. The van der Waals surface area contributed by atoms with Gasteiger partial charge in [-0.3, -0.25) is 4.79 Å². The highest BCUT2D eigenvalue weighted by atomic mass is 16.5. The lowest BCUT2D eigenvalue weighted by Crippen LogP contribution is -2.41. The molecule has 0 aliphatic carbocycles. The van der Waals surface area contributed by atoms with Crippen molar-refractivity contribution in [2.45, 2.75) is 26.7 Å². The third-order valence-corrected chi connectivity index (χ3v) is 4.44. The van der Waals surface area contributed by atoms with Crippen molar-refractivity contribution in [1.29, 1.82) is 0 Å². The van der Waals surface area contributed by atoms with E-state index >= 15 is 0 Å². The molecule has 0 atom stereocenters. The van der Waals surface area contributed by atoms with E-state index in [9.17, 15) is 4.79 Å². The smallest absolute Gasteiger partial charge is 0.272 e. The molecule has 6 nitrogen and oxygen atoms in total. The fourth-order valence-corrected chi connectivity index (χ4v) is 3.00. The van der Waals surface area contributed by atoms with Gasteiger partial charge in [0, 0.05) is 24.8 Å². The van der Waals surface area contributed by atoms with Crippen LogP contribution in [0.15, 0.2) is 30.6 Å². The molecule has 1 amide bonds. The van der Waals surface area contributed by atoms with Gasteiger partial charge in [0.1, 0.15) is 17.8 Å². The zero-order chi connectivity index (χ0) is 17.6. The number of nitrogens with one attached hydrogen (secondary N) is 1. The Morgan fingerprint density at radius 2 is 1.84 bits per heavy atom. The van der Waals surface area contributed by atoms with Crippen LogP contribution in [0.1, 0.15) is 35.5 Å². The van der Waals surface area contributed by atoms with E-state index in [1.54, 1.807) is 11.0 Å². The molecule has 132 valence electrons. The summed E-state index contributed by atoms with van der Waals surface area (Å²) in [5.74, 6) is 0.565. The van der Waals surface area contributed by atoms with E-state index in [2.05, 4.69) is 47.3 Å². The summed E-state index contributed by atoms with van der Waals surface area (Å²) >= 11 is 0. The Morgan fingerprint density at radius 1 is 1.16 bits per heavy atom. The highest BCUT2D eigenvalue weighted by Crippen LogP contribution is 2.26. The minimum atomic E-state index is -0.0757. The van der Waals surface area contributed by atoms with E-state index in [0.717, 1.165) is 18.5 Å². The van der Waals surface area contributed by atoms with E-state index in [4.69, 9.17) is 4.74 Å². The van der Waals surface area contributed by atoms with Crippen LogP contribution >= 0.6 is 0 Å². The van der Waals surface area contributed by atoms with E-state index in [1.165, 1.54) is 17.5 Å². The molecule has 1 aliphatic rings. The molecule has 25 heavy (non-hydrogen) atoms. The molecule has 0 bridgehead atoms. The summed E-state index contributed by atoms with van der Waals surface area (Å²) in [5.41, 5.74) is 3.96. The van der Waals surface area contributed by atoms with Crippen molar-refractivity contribution < 1.29 is 9.53 Å². The quantitative estimate of drug-likeness (QED) is 0.906. The predicted molar refractivity (Wildman–Crippen MR) is 97.2 cm³/mol. The Kier molecular flexibility index (Phi) is 5.60. The van der Waals surface area contributed by atoms with Gasteiger partial charge in [0.05, 0.1) is 13.2 Å². The Hall–Kier alpha value is -2.47. The van der Waals surface area contributed by atoms with Crippen LogP contribution in [0.25, 0.3) is 0 Å². The molecule has 0 spiro atoms. The SMILES string of the molecule is CCc1cccc(CC)c1Nc1cc(C(=O)N2CCOCC2)ncn1. The first-order valence-corrected chi connectivity index (χ1v) is 8.79. The Balaban J connectivity index is 1.84. The van der Waals surface area contributed by atoms with Crippen molar-refractivity contribution in [2.75, 3.05) is 31.6 Å². The summed E-state index contributed by atoms with van der Waals surface area (Å²) in [5, 5.41) is 3.39. The molecule has 2 heterocycles. The van der Waals surface area contributed by atoms with Crippen molar-refractivity contribution in [3.8, 4) is 0 Å². The van der Waals surface area contributed by atoms with Crippen molar-refractivity contribution in [3.63, 3.8) is 0 Å². The number of benzene rings is 1. The topological polar surface area (TPSA) is 67.4 Å². The van der Waals surface area contributed by atoms with Crippen molar-refractivity contribution >= 4 is 17.4 Å². The first-order chi connectivity index (χ1) is 12.2. The average molecular weight is 340 g/mol. The van der Waals surface area contributed by atoms with E-state index in [0.29, 0.717) is 37.8 Å². The zero-order valence-electron chi connectivity index (χ0n) is 14.8. The van der Waals surface area contributed by atoms with Crippen LogP contribution in [-0.4, -0.2) is 47.1 Å². The summed E-state index contributed by atoms with van der Waals surface area (Å²) in [7, 11) is 0. The second-order valence-corrected chi connectivity index (χ2v) is 5.98. The molecule has 1 fully saturated rings. The third-order valence-electron chi connectivity index (χ3n) is 4.44. The zero-order valence-corrected chi connectivity index (χ0v) is 14.8. The number of rotatable bonds is 5. The minimum absolute atomic E-state index is 0.0757. The van der Waals surface area contributed by atoms with Crippen LogP contribution in [0, 0.1) is 0 Å². The van der Waals surface area contributed by atoms with Crippen molar-refractivity contribution in [1.82, 2.24) is 14.9 Å². The molecular formula is C19H24N4O2. The van der Waals surface area contributed by atoms with Gasteiger partial charge in [0.15, 0.2) is 0 Å². The summed E-state index contributed by atoms with van der Waals surface area (Å²) in [6.07, 6.45) is 3.30. The van der Waals surface area contributed by atoms with Gasteiger partial charge in [-0.15, -0.1) is 0 Å². The fraction of sp³-hybridized carbons (Fsp3) is 0.421. The lowest BCUT2D eigenvalue weighted by molar-refractivity contribution is 0.0299. The molecule has 0 saturated carbocycles. The van der Waals surface area contributed by atoms with E-state index < -0.39 is 0 Å². The maximum Gasteiger partial charge on any atom is 0.272 e. The van der Waals surface area contributed by atoms with Gasteiger partial charge in [0.25, 0.3) is 5.91 Å². The first kappa shape index (κ1) is 17.4. The molecule has 2 aromatic rings. The van der Waals surface area contributed by atoms with Gasteiger partial charge in [-0.05, 0) is 24.0 Å². The van der Waals surface area contributed by atoms with Gasteiger partial charge >= 0.3 is 0 Å². The summed E-state index contributed by atoms with van der Waals surface area (Å²) in [6.45, 7) is 6.62. The molecule has 1 aromatic carbocycles. The Bertz CT molecular complexity index is 720. The largest absolute Gasteiger partial charge is 0.378 e. The number of morpholine rings is 1. The maximum absolute atomic E-state index is 12.6. The molecule has 1 aromatic heterocycles. The Morgan fingerprint density at radius 3 is 2.48 bits per heavy atom. The molecule has 1 N–H and O–H groups in total. The average Bonchev–Trinajstić information content (AvgIpc) is 2.68. The fourth-order valence-electron chi connectivity index (χ4n) is 3.00. The van der Waals surface area contributed by atoms with Crippen molar-refractivity contribution in [2.24, 2.45) is 0 Å². The van der Waals surface area contributed by atoms with Crippen LogP contribution in [0.3, 0.4) is 0 Å². The minimum Gasteiger partial charge on any atom is -0.378 e. The van der Waals surface area contributed by atoms with Crippen LogP contribution in [-0.2, 0) is 17.6 Å². The number of amides is 1. The van der Waals surface area contributed by atoms with Crippen LogP contribution in [0.5, 0.6) is 0 Å². The van der Waals surface area contributed by atoms with Gasteiger partial charge in [-0.2, -0.15) is 0 Å². The number of hydrogen-bond acceptors (Lipinski definition) is 5. The predicted octanol–water partition coefficient (Wildman–Crippen LogP) is 2.82. The number of aromatic nitrogens is 2. The number of aryl methyl sites for hydroxylation is 2. The lowest BCUT2D eigenvalue weighted by Gasteiger charge is -2.26. The molecule has 1 saturated heterocycles. The molecule has 0 radical (unpaired) electrons. The van der Waals surface area contributed by atoms with Gasteiger partial charge in [0.2, 0.25) is 0 Å². The van der Waals surface area contributed by atoms with Crippen LogP contribution in [0.4, 0.5) is 11.5 Å². The molecule has 0 unspecified atom stereocenters. The number of carbonyl (C=O) groups excluding carboxylic acids is 1. The van der Waals surface area contributed by atoms with Crippen LogP contribution in [0.2, 0.25) is 0 Å². The normalized spacial score (nSPS) is 14.4. The summed E-state index contributed by atoms with van der Waals surface area (Å²) in [6, 6.07) is 8.03. The second-order valence-electron chi connectivity index (χ2n) is 5.98. The number of nitrogens with zero attached hydrogens (tertiary/aromatic N) is 3. The third kappa shape index (κ3) is 3.96. The monoisotopic (exact) mass is 340 g/mol. The van der Waals surface area contributed by atoms with Gasteiger partial charge in [-0.1, -0.05) is 32.0 Å². The lowest BCUT2D eigenvalue weighted by atomic mass is 10.0. The second kappa shape index (κ2) is 8.07. The number of para-hydroxylation sites is 1. The van der Waals surface area contributed by atoms with Crippen molar-refractivity contribution in [3.05, 3.63) is 47.4 Å². The highest BCUT2D eigenvalue weighted by Gasteiger charge is 2.20. The molecular weight excluding hydrogens is 316 g/mol. The van der Waals surface area contributed by atoms with Crippen LogP contribution < -0.4 is 5.32 Å². The number of carbonyl (C=O) groups is 1. The van der Waals surface area contributed by atoms with Gasteiger partial charge in [-0.25, -0.2) is 9.97 Å². The standard InChI is InChI=1S/C19H24N4O2/c1-3-14-6-5-7-15(4-2)18(14)22-17-12-16(20-13-21-17)19(24)23-8-10-25-11-9-23/h5-7,12-13H,3-4,8-11H2,1-2H3,(H,20,21,22). The Labute approximate surface area is 148 Å². The van der Waals surface area contributed by atoms with E-state index in [-0.39, 0.29) is 5.91 Å². The molecule has 1 aliphatic heterocycles. The number of ether oxygens (including phenoxy) is 1. The number of anilines is 2.